The van der Waals surface area contributed by atoms with Crippen molar-refractivity contribution in [3.63, 3.8) is 0 Å². The summed E-state index contributed by atoms with van der Waals surface area (Å²) >= 11 is 3.47. The van der Waals surface area contributed by atoms with E-state index in [1.54, 1.807) is 48.5 Å². The van der Waals surface area contributed by atoms with E-state index in [1.807, 2.05) is 19.1 Å². The molecule has 0 radical (unpaired) electrons. The molecule has 6 rings (SSSR count). The van der Waals surface area contributed by atoms with Gasteiger partial charge in [0.1, 0.15) is 17.3 Å². The Hall–Kier alpha value is -4.22. The van der Waals surface area contributed by atoms with Gasteiger partial charge in [0.2, 0.25) is 5.78 Å². The number of nitrogen functional groups attached to an aromatic ring is 1. The van der Waals surface area contributed by atoms with Crippen LogP contribution in [0.1, 0.15) is 21.9 Å². The second-order valence-corrected chi connectivity index (χ2v) is 11.1. The van der Waals surface area contributed by atoms with E-state index in [9.17, 15) is 13.2 Å². The number of aromatic nitrogens is 5. The highest BCUT2D eigenvalue weighted by Gasteiger charge is 2.29. The maximum atomic E-state index is 13.9. The molecule has 0 amide bonds. The van der Waals surface area contributed by atoms with Crippen molar-refractivity contribution in [2.75, 3.05) is 5.73 Å². The van der Waals surface area contributed by atoms with Crippen molar-refractivity contribution in [2.45, 2.75) is 11.8 Å². The number of hydrogen-bond acceptors (Lipinski definition) is 6. The Kier molecular flexibility index (Phi) is 5.28. The second kappa shape index (κ2) is 8.43. The molecular formula is C26H19BrN6O3S. The van der Waals surface area contributed by atoms with Crippen molar-refractivity contribution in [1.82, 2.24) is 23.7 Å². The van der Waals surface area contributed by atoms with Crippen LogP contribution in [0.2, 0.25) is 0 Å². The molecule has 0 aliphatic heterocycles. The maximum absolute atomic E-state index is 13.9. The summed E-state index contributed by atoms with van der Waals surface area (Å²) in [5.41, 5.74) is 9.04. The highest BCUT2D eigenvalue weighted by atomic mass is 79.9. The van der Waals surface area contributed by atoms with Gasteiger partial charge < -0.3 is 10.7 Å². The molecule has 0 bridgehead atoms. The Morgan fingerprint density at radius 3 is 2.59 bits per heavy atom. The van der Waals surface area contributed by atoms with E-state index in [-0.39, 0.29) is 22.0 Å². The molecule has 0 fully saturated rings. The quantitative estimate of drug-likeness (QED) is 0.284. The monoisotopic (exact) mass is 574 g/mol. The highest BCUT2D eigenvalue weighted by molar-refractivity contribution is 9.10. The SMILES string of the molecule is Cc1nc2ccc(-n3ncc(C(=O)c4cc5c(Br)cccc5n4S(=O)(=O)c4ccccc4)c3N)cc2[nH]1. The fraction of sp³-hybridized carbons (Fsp3) is 0.0385. The summed E-state index contributed by atoms with van der Waals surface area (Å²) < 4.78 is 30.7. The van der Waals surface area contributed by atoms with Gasteiger partial charge in [-0.3, -0.25) is 4.79 Å². The normalized spacial score (nSPS) is 11.9. The smallest absolute Gasteiger partial charge is 0.268 e. The summed E-state index contributed by atoms with van der Waals surface area (Å²) in [6.07, 6.45) is 1.35. The van der Waals surface area contributed by atoms with Crippen molar-refractivity contribution < 1.29 is 13.2 Å². The molecule has 0 saturated carbocycles. The number of anilines is 1. The van der Waals surface area contributed by atoms with Gasteiger partial charge >= 0.3 is 0 Å². The van der Waals surface area contributed by atoms with Gasteiger partial charge in [-0.2, -0.15) is 5.10 Å². The molecule has 0 spiro atoms. The molecular weight excluding hydrogens is 556 g/mol. The minimum absolute atomic E-state index is 0.0448. The number of nitrogens with two attached hydrogens (primary N) is 1. The Labute approximate surface area is 219 Å². The van der Waals surface area contributed by atoms with Crippen LogP contribution in [0.3, 0.4) is 0 Å². The highest BCUT2D eigenvalue weighted by Crippen LogP contribution is 2.33. The molecule has 3 aromatic carbocycles. The largest absolute Gasteiger partial charge is 0.383 e. The Balaban J connectivity index is 1.52. The van der Waals surface area contributed by atoms with E-state index in [2.05, 4.69) is 31.0 Å². The second-order valence-electron chi connectivity index (χ2n) is 8.49. The first-order valence-corrected chi connectivity index (χ1v) is 13.4. The maximum Gasteiger partial charge on any atom is 0.268 e. The van der Waals surface area contributed by atoms with Crippen molar-refractivity contribution in [1.29, 1.82) is 0 Å². The van der Waals surface area contributed by atoms with Crippen LogP contribution in [0.25, 0.3) is 27.6 Å². The fourth-order valence-electron chi connectivity index (χ4n) is 4.42. The lowest BCUT2D eigenvalue weighted by Gasteiger charge is -2.12. The van der Waals surface area contributed by atoms with E-state index in [4.69, 9.17) is 5.73 Å². The number of benzene rings is 3. The number of aryl methyl sites for hydroxylation is 1. The van der Waals surface area contributed by atoms with Gasteiger partial charge in [0.05, 0.1) is 38.9 Å². The molecule has 9 nitrogen and oxygen atoms in total. The van der Waals surface area contributed by atoms with Crippen LogP contribution in [0.15, 0.2) is 88.4 Å². The van der Waals surface area contributed by atoms with Crippen molar-refractivity contribution in [3.8, 4) is 5.69 Å². The van der Waals surface area contributed by atoms with E-state index in [0.29, 0.717) is 21.1 Å². The lowest BCUT2D eigenvalue weighted by Crippen LogP contribution is -2.19. The molecule has 0 unspecified atom stereocenters. The number of nitrogens with zero attached hydrogens (tertiary/aromatic N) is 4. The average molecular weight is 575 g/mol. The Bertz CT molecular complexity index is 1950. The summed E-state index contributed by atoms with van der Waals surface area (Å²) in [5.74, 6) is 0.299. The van der Waals surface area contributed by atoms with Crippen LogP contribution >= 0.6 is 15.9 Å². The van der Waals surface area contributed by atoms with Crippen molar-refractivity contribution >= 4 is 59.5 Å². The van der Waals surface area contributed by atoms with E-state index < -0.39 is 15.8 Å². The minimum atomic E-state index is -4.11. The number of carbonyl (C=O) groups excluding carboxylic acids is 1. The van der Waals surface area contributed by atoms with Crippen LogP contribution in [-0.2, 0) is 10.0 Å². The third kappa shape index (κ3) is 3.66. The Morgan fingerprint density at radius 2 is 1.81 bits per heavy atom. The summed E-state index contributed by atoms with van der Waals surface area (Å²) in [6.45, 7) is 1.86. The topological polar surface area (TPSA) is 129 Å². The number of imidazole rings is 1. The number of ketones is 1. The van der Waals surface area contributed by atoms with Gasteiger partial charge in [-0.1, -0.05) is 40.2 Å². The van der Waals surface area contributed by atoms with Gasteiger partial charge in [0.25, 0.3) is 10.0 Å². The van der Waals surface area contributed by atoms with Crippen LogP contribution < -0.4 is 5.73 Å². The van der Waals surface area contributed by atoms with Gasteiger partial charge in [0.15, 0.2) is 0 Å². The van der Waals surface area contributed by atoms with Crippen LogP contribution in [-0.4, -0.2) is 37.9 Å². The number of fused-ring (bicyclic) bond motifs is 2. The summed E-state index contributed by atoms with van der Waals surface area (Å²) in [7, 11) is -4.11. The molecule has 184 valence electrons. The molecule has 3 aromatic heterocycles. The van der Waals surface area contributed by atoms with Crippen molar-refractivity contribution in [3.05, 3.63) is 101 Å². The van der Waals surface area contributed by atoms with Gasteiger partial charge in [-0.25, -0.2) is 22.1 Å². The molecule has 3 heterocycles. The molecule has 37 heavy (non-hydrogen) atoms. The number of carbonyl (C=O) groups is 1. The number of aromatic amines is 1. The number of nitrogens with one attached hydrogen (secondary N) is 1. The standard InChI is InChI=1S/C26H19BrN6O3S/c1-15-30-21-11-10-16(12-22(21)31-15)32-26(28)19(14-29-32)25(34)24-13-18-20(27)8-5-9-23(18)33(24)37(35,36)17-6-3-2-4-7-17/h2-14H,28H2,1H3,(H,30,31). The number of hydrogen-bond donors (Lipinski definition) is 2. The van der Waals surface area contributed by atoms with E-state index in [0.717, 1.165) is 20.8 Å². The van der Waals surface area contributed by atoms with Crippen LogP contribution in [0, 0.1) is 6.92 Å². The third-order valence-electron chi connectivity index (χ3n) is 6.14. The summed E-state index contributed by atoms with van der Waals surface area (Å²) in [4.78, 5) is 21.5. The zero-order valence-electron chi connectivity index (χ0n) is 19.4. The molecule has 0 aliphatic rings. The van der Waals surface area contributed by atoms with Crippen molar-refractivity contribution in [2.24, 2.45) is 0 Å². The van der Waals surface area contributed by atoms with Crippen LogP contribution in [0.4, 0.5) is 5.82 Å². The predicted molar refractivity (Wildman–Crippen MR) is 144 cm³/mol. The number of H-pyrrole nitrogens is 1. The molecule has 0 saturated heterocycles. The summed E-state index contributed by atoms with van der Waals surface area (Å²) in [5, 5.41) is 4.92. The zero-order chi connectivity index (χ0) is 25.9. The predicted octanol–water partition coefficient (Wildman–Crippen LogP) is 4.82. The third-order valence-corrected chi connectivity index (χ3v) is 8.58. The first-order chi connectivity index (χ1) is 17.8. The number of halogens is 1. The molecule has 0 aliphatic carbocycles. The van der Waals surface area contributed by atoms with Gasteiger partial charge in [-0.05, 0) is 55.5 Å². The molecule has 0 atom stereocenters. The lowest BCUT2D eigenvalue weighted by molar-refractivity contribution is 0.103. The Morgan fingerprint density at radius 1 is 1.03 bits per heavy atom. The van der Waals surface area contributed by atoms with Gasteiger partial charge in [-0.15, -0.1) is 0 Å². The first kappa shape index (κ1) is 23.2. The van der Waals surface area contributed by atoms with E-state index >= 15 is 0 Å². The average Bonchev–Trinajstić information content (AvgIpc) is 3.58. The molecule has 3 N–H and O–H groups in total. The molecule has 6 aromatic rings. The van der Waals surface area contributed by atoms with Gasteiger partial charge in [0, 0.05) is 9.86 Å². The lowest BCUT2D eigenvalue weighted by atomic mass is 10.1. The summed E-state index contributed by atoms with van der Waals surface area (Å²) in [6, 6.07) is 20.2. The molecule has 11 heteroatoms. The zero-order valence-corrected chi connectivity index (χ0v) is 21.8. The first-order valence-electron chi connectivity index (χ1n) is 11.2. The number of rotatable bonds is 5. The minimum Gasteiger partial charge on any atom is -0.383 e. The fourth-order valence-corrected chi connectivity index (χ4v) is 6.41. The van der Waals surface area contributed by atoms with E-state index in [1.165, 1.54) is 23.0 Å². The van der Waals surface area contributed by atoms with Crippen LogP contribution in [0.5, 0.6) is 0 Å².